The molecule has 0 saturated carbocycles. The van der Waals surface area contributed by atoms with Crippen LogP contribution in [0.3, 0.4) is 0 Å². The van der Waals surface area contributed by atoms with Crippen LogP contribution in [-0.2, 0) is 4.74 Å². The van der Waals surface area contributed by atoms with Gasteiger partial charge in [-0.1, -0.05) is 0 Å². The molecule has 1 rings (SSSR count). The normalized spacial score (nSPS) is 11.8. The van der Waals surface area contributed by atoms with E-state index in [1.807, 2.05) is 0 Å². The Balaban J connectivity index is 2.66. The number of carbonyl (C=O) groups excluding carboxylic acids is 1. The standard InChI is InChI=1S/C8H10F2N2O2/c1-8(2,6(9)10)14-7(13)12-4-3-11-5-12/h3-6H,1-2H3. The average Bonchev–Trinajstić information content (AvgIpc) is 2.54. The Morgan fingerprint density at radius 3 is 2.64 bits per heavy atom. The third-order valence-electron chi connectivity index (χ3n) is 1.59. The summed E-state index contributed by atoms with van der Waals surface area (Å²) in [5, 5.41) is 0. The van der Waals surface area contributed by atoms with Crippen molar-refractivity contribution in [3.63, 3.8) is 0 Å². The van der Waals surface area contributed by atoms with Crippen molar-refractivity contribution in [2.45, 2.75) is 25.9 Å². The number of hydrogen-bond acceptors (Lipinski definition) is 3. The lowest BCUT2D eigenvalue weighted by Crippen LogP contribution is -2.37. The van der Waals surface area contributed by atoms with Gasteiger partial charge in [-0.15, -0.1) is 0 Å². The van der Waals surface area contributed by atoms with Gasteiger partial charge < -0.3 is 4.74 Å². The van der Waals surface area contributed by atoms with Crippen LogP contribution in [-0.4, -0.2) is 27.7 Å². The van der Waals surface area contributed by atoms with Gasteiger partial charge in [-0.3, -0.25) is 0 Å². The first-order valence-corrected chi connectivity index (χ1v) is 3.93. The van der Waals surface area contributed by atoms with Crippen molar-refractivity contribution in [2.75, 3.05) is 0 Å². The van der Waals surface area contributed by atoms with Crippen LogP contribution in [0.15, 0.2) is 18.7 Å². The topological polar surface area (TPSA) is 44.1 Å². The molecule has 0 unspecified atom stereocenters. The fourth-order valence-electron chi connectivity index (χ4n) is 0.689. The van der Waals surface area contributed by atoms with Gasteiger partial charge in [-0.2, -0.15) is 0 Å². The molecule has 0 bridgehead atoms. The van der Waals surface area contributed by atoms with E-state index in [4.69, 9.17) is 0 Å². The first-order chi connectivity index (χ1) is 6.43. The van der Waals surface area contributed by atoms with Gasteiger partial charge in [-0.05, 0) is 13.8 Å². The average molecular weight is 204 g/mol. The van der Waals surface area contributed by atoms with E-state index < -0.39 is 18.1 Å². The molecule has 14 heavy (non-hydrogen) atoms. The Morgan fingerprint density at radius 1 is 1.57 bits per heavy atom. The van der Waals surface area contributed by atoms with Crippen LogP contribution >= 0.6 is 0 Å². The molecule has 0 aliphatic heterocycles. The summed E-state index contributed by atoms with van der Waals surface area (Å²) < 4.78 is 30.2. The zero-order valence-electron chi connectivity index (χ0n) is 7.78. The van der Waals surface area contributed by atoms with Crippen LogP contribution in [0.2, 0.25) is 0 Å². The van der Waals surface area contributed by atoms with E-state index in [0.717, 1.165) is 18.4 Å². The first-order valence-electron chi connectivity index (χ1n) is 3.93. The van der Waals surface area contributed by atoms with Crippen molar-refractivity contribution < 1.29 is 18.3 Å². The number of ether oxygens (including phenoxy) is 1. The molecular formula is C8H10F2N2O2. The smallest absolute Gasteiger partial charge is 0.419 e. The second kappa shape index (κ2) is 3.73. The summed E-state index contributed by atoms with van der Waals surface area (Å²) in [5.41, 5.74) is -1.79. The molecule has 0 aliphatic carbocycles. The van der Waals surface area contributed by atoms with Crippen LogP contribution in [0.1, 0.15) is 13.8 Å². The maximum Gasteiger partial charge on any atom is 0.419 e. The quantitative estimate of drug-likeness (QED) is 0.739. The second-order valence-corrected chi connectivity index (χ2v) is 3.24. The molecule has 0 aromatic carbocycles. The van der Waals surface area contributed by atoms with Crippen molar-refractivity contribution in [3.05, 3.63) is 18.7 Å². The van der Waals surface area contributed by atoms with Gasteiger partial charge in [0.2, 0.25) is 0 Å². The molecule has 78 valence electrons. The Hall–Kier alpha value is -1.46. The summed E-state index contributed by atoms with van der Waals surface area (Å²) in [4.78, 5) is 14.8. The number of rotatable bonds is 2. The van der Waals surface area contributed by atoms with Crippen LogP contribution in [0.25, 0.3) is 0 Å². The summed E-state index contributed by atoms with van der Waals surface area (Å²) in [5.74, 6) is 0. The lowest BCUT2D eigenvalue weighted by atomic mass is 10.1. The highest BCUT2D eigenvalue weighted by atomic mass is 19.3. The minimum absolute atomic E-state index is 0.868. The van der Waals surface area contributed by atoms with Crippen LogP contribution < -0.4 is 0 Å². The molecule has 0 atom stereocenters. The first kappa shape index (κ1) is 10.6. The third kappa shape index (κ3) is 2.27. The van der Waals surface area contributed by atoms with E-state index in [1.54, 1.807) is 0 Å². The SMILES string of the molecule is CC(C)(OC(=O)n1ccnc1)C(F)F. The number of aromatic nitrogens is 2. The molecule has 0 amide bonds. The van der Waals surface area contributed by atoms with Crippen molar-refractivity contribution in [2.24, 2.45) is 0 Å². The minimum atomic E-state index is -2.73. The highest BCUT2D eigenvalue weighted by molar-refractivity contribution is 5.70. The molecule has 6 heteroatoms. The molecule has 1 aromatic heterocycles. The Bertz CT molecular complexity index is 309. The highest BCUT2D eigenvalue weighted by Gasteiger charge is 2.34. The lowest BCUT2D eigenvalue weighted by Gasteiger charge is -2.23. The van der Waals surface area contributed by atoms with Crippen LogP contribution in [0.5, 0.6) is 0 Å². The van der Waals surface area contributed by atoms with Crippen molar-refractivity contribution in [1.82, 2.24) is 9.55 Å². The Labute approximate surface area is 79.5 Å². The fraction of sp³-hybridized carbons (Fsp3) is 0.500. The number of nitrogens with zero attached hydrogens (tertiary/aromatic N) is 2. The molecule has 0 N–H and O–H groups in total. The van der Waals surface area contributed by atoms with Crippen molar-refractivity contribution in [3.8, 4) is 0 Å². The van der Waals surface area contributed by atoms with E-state index in [1.165, 1.54) is 18.7 Å². The summed E-state index contributed by atoms with van der Waals surface area (Å²) >= 11 is 0. The molecule has 0 fully saturated rings. The van der Waals surface area contributed by atoms with Gasteiger partial charge in [-0.25, -0.2) is 23.1 Å². The molecule has 0 spiro atoms. The summed E-state index contributed by atoms with van der Waals surface area (Å²) in [7, 11) is 0. The maximum atomic E-state index is 12.3. The highest BCUT2D eigenvalue weighted by Crippen LogP contribution is 2.19. The van der Waals surface area contributed by atoms with Crippen LogP contribution in [0.4, 0.5) is 13.6 Å². The second-order valence-electron chi connectivity index (χ2n) is 3.24. The van der Waals surface area contributed by atoms with E-state index in [0.29, 0.717) is 0 Å². The van der Waals surface area contributed by atoms with E-state index >= 15 is 0 Å². The number of imidazole rings is 1. The maximum absolute atomic E-state index is 12.3. The largest absolute Gasteiger partial charge is 0.437 e. The van der Waals surface area contributed by atoms with Crippen molar-refractivity contribution >= 4 is 6.09 Å². The van der Waals surface area contributed by atoms with E-state index in [9.17, 15) is 13.6 Å². The van der Waals surface area contributed by atoms with Gasteiger partial charge in [0.25, 0.3) is 6.43 Å². The predicted octanol–water partition coefficient (Wildman–Crippen LogP) is 1.91. The lowest BCUT2D eigenvalue weighted by molar-refractivity contribution is -0.0767. The van der Waals surface area contributed by atoms with Crippen LogP contribution in [0, 0.1) is 0 Å². The van der Waals surface area contributed by atoms with E-state index in [-0.39, 0.29) is 0 Å². The Kier molecular flexibility index (Phi) is 2.83. The van der Waals surface area contributed by atoms with Gasteiger partial charge >= 0.3 is 6.09 Å². The summed E-state index contributed by atoms with van der Waals surface area (Å²) in [6.45, 7) is 2.29. The zero-order valence-corrected chi connectivity index (χ0v) is 7.78. The van der Waals surface area contributed by atoms with Gasteiger partial charge in [0.05, 0.1) is 0 Å². The summed E-state index contributed by atoms with van der Waals surface area (Å²) in [6, 6.07) is 0. The molecule has 0 saturated heterocycles. The molecule has 1 heterocycles. The minimum Gasteiger partial charge on any atom is -0.437 e. The van der Waals surface area contributed by atoms with Gasteiger partial charge in [0, 0.05) is 12.4 Å². The van der Waals surface area contributed by atoms with Crippen molar-refractivity contribution in [1.29, 1.82) is 0 Å². The third-order valence-corrected chi connectivity index (χ3v) is 1.59. The summed E-state index contributed by atoms with van der Waals surface area (Å²) in [6.07, 6.45) is 0.271. The van der Waals surface area contributed by atoms with Gasteiger partial charge in [0.1, 0.15) is 6.33 Å². The number of carbonyl (C=O) groups is 1. The number of halogens is 2. The number of alkyl halides is 2. The molecule has 4 nitrogen and oxygen atoms in total. The number of hydrogen-bond donors (Lipinski definition) is 0. The molecular weight excluding hydrogens is 194 g/mol. The van der Waals surface area contributed by atoms with Gasteiger partial charge in [0.15, 0.2) is 5.60 Å². The molecule has 0 aliphatic rings. The van der Waals surface area contributed by atoms with E-state index in [2.05, 4.69) is 9.72 Å². The predicted molar refractivity (Wildman–Crippen MR) is 44.2 cm³/mol. The fourth-order valence-corrected chi connectivity index (χ4v) is 0.689. The Morgan fingerprint density at radius 2 is 2.21 bits per heavy atom. The monoisotopic (exact) mass is 204 g/mol. The molecule has 0 radical (unpaired) electrons. The molecule has 1 aromatic rings. The zero-order chi connectivity index (χ0) is 10.8.